The molecule has 30 nitrogen and oxygen atoms in total. The topological polar surface area (TPSA) is 424 Å². The van der Waals surface area contributed by atoms with Gasteiger partial charge in [-0.25, -0.2) is 9.78 Å². The highest BCUT2D eigenvalue weighted by Crippen LogP contribution is 2.33. The number of unbranched alkanes of at least 4 members (excludes halogenated alkanes) is 1. The van der Waals surface area contributed by atoms with Gasteiger partial charge in [0.1, 0.15) is 48.6 Å². The van der Waals surface area contributed by atoms with Crippen molar-refractivity contribution in [2.24, 2.45) is 5.73 Å². The number of carbonyl (C=O) groups is 10. The quantitative estimate of drug-likeness (QED) is 0.0257. The molecule has 7 rings (SSSR count). The second-order valence-electron chi connectivity index (χ2n) is 21.8. The maximum atomic E-state index is 14.4. The van der Waals surface area contributed by atoms with Gasteiger partial charge in [0.2, 0.25) is 53.2 Å². The maximum absolute atomic E-state index is 14.4. The Balaban J connectivity index is 0.948. The van der Waals surface area contributed by atoms with Crippen LogP contribution in [0.25, 0.3) is 0 Å². The normalized spacial score (nSPS) is 23.4. The number of hydrogen-bond donors (Lipinski definition) is 13. The fourth-order valence-corrected chi connectivity index (χ4v) is 11.6. The third-order valence-corrected chi connectivity index (χ3v) is 16.3. The van der Waals surface area contributed by atoms with Crippen molar-refractivity contribution in [1.82, 2.24) is 78.1 Å². The van der Waals surface area contributed by atoms with Crippen LogP contribution < -0.4 is 58.9 Å². The lowest BCUT2D eigenvalue weighted by Crippen LogP contribution is -2.58. The average molecular weight is 1260 g/mol. The number of primary amides is 1. The van der Waals surface area contributed by atoms with E-state index >= 15 is 0 Å². The van der Waals surface area contributed by atoms with E-state index in [0.717, 1.165) is 25.0 Å². The second kappa shape index (κ2) is 35.3. The molecule has 0 radical (unpaired) electrons. The lowest BCUT2D eigenvalue weighted by Gasteiger charge is -2.25. The van der Waals surface area contributed by atoms with Crippen LogP contribution in [0.1, 0.15) is 74.4 Å². The van der Waals surface area contributed by atoms with Crippen molar-refractivity contribution in [3.05, 3.63) is 95.8 Å². The highest BCUT2D eigenvalue weighted by molar-refractivity contribution is 8.00. The number of phenols is 1. The van der Waals surface area contributed by atoms with E-state index in [-0.39, 0.29) is 107 Å². The fraction of sp³-hybridized carbons (Fsp3) is 0.534. The molecule has 0 saturated carbocycles. The summed E-state index contributed by atoms with van der Waals surface area (Å²) in [4.78, 5) is 141. The van der Waals surface area contributed by atoms with Crippen LogP contribution in [-0.4, -0.2) is 201 Å². The van der Waals surface area contributed by atoms with Crippen molar-refractivity contribution < 1.29 is 67.3 Å². The number of phenolic OH excluding ortho intramolecular Hbond substituents is 1. The molecule has 2 saturated heterocycles. The number of hydrogen-bond acceptors (Lipinski definition) is 18. The number of amides is 11. The summed E-state index contributed by atoms with van der Waals surface area (Å²) in [6, 6.07) is 6.97. The number of H-pyrrole nitrogens is 1. The molecular formula is C58H80N16O14S. The molecule has 4 aromatic rings. The molecule has 5 heterocycles. The number of nitrogens with one attached hydrogen (secondary N) is 11. The zero-order chi connectivity index (χ0) is 63.5. The summed E-state index contributed by atoms with van der Waals surface area (Å²) in [5.74, 6) is -5.54. The van der Waals surface area contributed by atoms with E-state index in [9.17, 15) is 53.1 Å². The molecule has 11 amide bonds. The van der Waals surface area contributed by atoms with Crippen LogP contribution in [0.15, 0.2) is 73.3 Å². The maximum Gasteiger partial charge on any atom is 0.315 e. The smallest absolute Gasteiger partial charge is 0.315 e. The largest absolute Gasteiger partial charge is 0.508 e. The molecule has 0 aliphatic carbocycles. The number of aryl methyl sites for hydroxylation is 1. The van der Waals surface area contributed by atoms with E-state index in [4.69, 9.17) is 19.9 Å². The average Bonchev–Trinajstić information content (AvgIpc) is 4.19. The van der Waals surface area contributed by atoms with Crippen LogP contribution >= 0.6 is 11.8 Å². The van der Waals surface area contributed by atoms with Gasteiger partial charge in [0.25, 0.3) is 0 Å². The van der Waals surface area contributed by atoms with Gasteiger partial charge in [-0.3, -0.25) is 47.8 Å². The molecule has 9 atom stereocenters. The molecular weight excluding hydrogens is 1180 g/mol. The first kappa shape index (κ1) is 67.8. The first-order valence-corrected chi connectivity index (χ1v) is 30.8. The number of urea groups is 1. The van der Waals surface area contributed by atoms with Gasteiger partial charge in [-0.15, -0.1) is 5.10 Å². The van der Waals surface area contributed by atoms with Crippen LogP contribution in [0, 0.1) is 0 Å². The van der Waals surface area contributed by atoms with Crippen LogP contribution in [-0.2, 0) is 89.6 Å². The van der Waals surface area contributed by atoms with Gasteiger partial charge in [0.05, 0.1) is 69.4 Å². The predicted octanol–water partition coefficient (Wildman–Crippen LogP) is -2.42. The Labute approximate surface area is 517 Å². The molecule has 2 aromatic carbocycles. The highest BCUT2D eigenvalue weighted by Gasteiger charge is 2.42. The minimum Gasteiger partial charge on any atom is -0.508 e. The first-order valence-electron chi connectivity index (χ1n) is 29.7. The third kappa shape index (κ3) is 23.1. The van der Waals surface area contributed by atoms with Crippen LogP contribution in [0.4, 0.5) is 4.79 Å². The Morgan fingerprint density at radius 3 is 2.17 bits per heavy atom. The first-order chi connectivity index (χ1) is 43.0. The van der Waals surface area contributed by atoms with Crippen molar-refractivity contribution in [3.63, 3.8) is 0 Å². The van der Waals surface area contributed by atoms with E-state index < -0.39 is 96.7 Å². The molecule has 89 heavy (non-hydrogen) atoms. The molecule has 31 heteroatoms. The lowest BCUT2D eigenvalue weighted by molar-refractivity contribution is -0.135. The van der Waals surface area contributed by atoms with Crippen molar-refractivity contribution >= 4 is 71.0 Å². The molecule has 0 unspecified atom stereocenters. The van der Waals surface area contributed by atoms with Gasteiger partial charge in [-0.05, 0) is 62.3 Å². The molecule has 0 spiro atoms. The number of imidazole rings is 1. The van der Waals surface area contributed by atoms with Crippen LogP contribution in [0.3, 0.4) is 0 Å². The van der Waals surface area contributed by atoms with Crippen LogP contribution in [0.5, 0.6) is 5.75 Å². The molecule has 14 N–H and O–H groups in total. The van der Waals surface area contributed by atoms with Gasteiger partial charge in [-0.1, -0.05) is 54.1 Å². The van der Waals surface area contributed by atoms with Crippen molar-refractivity contribution in [2.75, 3.05) is 58.5 Å². The number of ether oxygens (including phenoxy) is 3. The Hall–Kier alpha value is -8.68. The van der Waals surface area contributed by atoms with E-state index in [0.29, 0.717) is 47.9 Å². The lowest BCUT2D eigenvalue weighted by atomic mass is 10.0. The highest BCUT2D eigenvalue weighted by atomic mass is 32.2. The number of aromatic amines is 1. The zero-order valence-corrected chi connectivity index (χ0v) is 50.3. The Kier molecular flexibility index (Phi) is 26.9. The molecule has 3 aliphatic rings. The number of nitrogens with two attached hydrogens (primary N) is 1. The van der Waals surface area contributed by atoms with E-state index in [1.165, 1.54) is 48.4 Å². The summed E-state index contributed by atoms with van der Waals surface area (Å²) < 4.78 is 18.2. The Bertz CT molecular complexity index is 2990. The number of nitrogens with zero attached hydrogens (tertiary/aromatic N) is 4. The summed E-state index contributed by atoms with van der Waals surface area (Å²) in [6.45, 7) is 1.67. The van der Waals surface area contributed by atoms with E-state index in [1.54, 1.807) is 36.5 Å². The predicted molar refractivity (Wildman–Crippen MR) is 321 cm³/mol. The number of fused-ring (bicyclic) bond motifs is 3. The number of rotatable bonds is 24. The molecule has 2 aromatic heterocycles. The van der Waals surface area contributed by atoms with Crippen LogP contribution in [0.2, 0.25) is 0 Å². The standard InChI is InChI=1S/C58H80N16O14S/c1-35-53(80)62-30-49(77)65-42(26-37-14-16-40(75)17-15-37)55(82)69-45(27-38-29-60-34-63-38)57(84)67-41(52(59)79)11-7-8-19-74-31-39(72-73-74)28-44(56(83)68-43(54(81)64-35)25-36-9-3-2-4-10-36)66-50(78)32-88-24-23-87-22-21-86-20-18-61-48(76)13-6-5-12-47-51-46(33-89-47)70-58(85)71-51/h2-4,9-10,14-17,29,31,34-35,41-47,51,75H,5-8,11-13,18-28,30,32-33H2,1H3,(H2,59,79)(H,60,63)(H,61,76)(H,62,80)(H,64,81)(H,65,77)(H,66,78)(H,67,84)(H,68,83)(H,69,82)(H2,70,71,85)/t35-,41-,42-,43-,44-,45-,46+,47+,51+/m0/s1. The fourth-order valence-electron chi connectivity index (χ4n) is 10.1. The van der Waals surface area contributed by atoms with Gasteiger partial charge >= 0.3 is 6.03 Å². The summed E-state index contributed by atoms with van der Waals surface area (Å²) >= 11 is 1.85. The minimum absolute atomic E-state index is 0.00794. The molecule has 2 fully saturated rings. The SMILES string of the molecule is C[C@@H]1NC(=O)[C@H](Cc2ccccc2)NC(=O)[C@@H](NC(=O)COCCOCCOCCNC(=O)CCCC[C@H]2SC[C@H]3NC(=O)N[C@H]32)Cc2cn(nn2)CCCC[C@@H](C(N)=O)NC(=O)[C@H](Cc2c[nH]cn2)NC(=O)[C@H](Cc2ccc(O)cc2)NC(=O)CNC1=O. The van der Waals surface area contributed by atoms with E-state index in [2.05, 4.69) is 73.4 Å². The summed E-state index contributed by atoms with van der Waals surface area (Å²) in [5.41, 5.74) is 7.59. The number of aromatic hydroxyl groups is 1. The van der Waals surface area contributed by atoms with E-state index in [1.807, 2.05) is 11.8 Å². The second-order valence-corrected chi connectivity index (χ2v) is 23.0. The summed E-state index contributed by atoms with van der Waals surface area (Å²) in [6.07, 6.45) is 7.73. The zero-order valence-electron chi connectivity index (χ0n) is 49.5. The third-order valence-electron chi connectivity index (χ3n) is 14.8. The number of aromatic nitrogens is 5. The molecule has 3 aliphatic heterocycles. The Morgan fingerprint density at radius 1 is 0.742 bits per heavy atom. The Morgan fingerprint density at radius 2 is 1.43 bits per heavy atom. The van der Waals surface area contributed by atoms with Gasteiger partial charge in [-0.2, -0.15) is 11.8 Å². The van der Waals surface area contributed by atoms with Gasteiger partial charge in [0, 0.05) is 68.6 Å². The van der Waals surface area contributed by atoms with Gasteiger partial charge < -0.3 is 83.2 Å². The summed E-state index contributed by atoms with van der Waals surface area (Å²) in [5, 5.41) is 45.9. The number of thioether (sulfide) groups is 1. The molecule has 2 bridgehead atoms. The minimum atomic E-state index is -1.36. The number of carbonyl (C=O) groups excluding carboxylic acids is 10. The molecule has 482 valence electrons. The van der Waals surface area contributed by atoms with Crippen molar-refractivity contribution in [1.29, 1.82) is 0 Å². The monoisotopic (exact) mass is 1260 g/mol. The van der Waals surface area contributed by atoms with Gasteiger partial charge in [0.15, 0.2) is 0 Å². The number of benzene rings is 2. The van der Waals surface area contributed by atoms with Crippen molar-refractivity contribution in [2.45, 2.75) is 138 Å². The summed E-state index contributed by atoms with van der Waals surface area (Å²) in [7, 11) is 0. The van der Waals surface area contributed by atoms with Crippen molar-refractivity contribution in [3.8, 4) is 5.75 Å².